The fourth-order valence-corrected chi connectivity index (χ4v) is 0.706. The Hall–Kier alpha value is -1.14. The summed E-state index contributed by atoms with van der Waals surface area (Å²) in [6, 6.07) is 0. The van der Waals surface area contributed by atoms with E-state index >= 15 is 0 Å². The maximum absolute atomic E-state index is 10.7. The van der Waals surface area contributed by atoms with Gasteiger partial charge in [0.1, 0.15) is 6.54 Å². The molecule has 2 N–H and O–H groups in total. The molecule has 1 aromatic rings. The van der Waals surface area contributed by atoms with Crippen LogP contribution in [0.15, 0.2) is 6.20 Å². The zero-order valence-electron chi connectivity index (χ0n) is 7.14. The summed E-state index contributed by atoms with van der Waals surface area (Å²) in [4.78, 5) is 10.7. The average Bonchev–Trinajstić information content (AvgIpc) is 2.52. The number of hydrogen-bond acceptors (Lipinski definition) is 5. The van der Waals surface area contributed by atoms with Crippen LogP contribution in [-0.2, 0) is 22.6 Å². The maximum atomic E-state index is 10.7. The highest BCUT2D eigenvalue weighted by Gasteiger charge is 2.03. The van der Waals surface area contributed by atoms with E-state index in [1.165, 1.54) is 11.8 Å². The van der Waals surface area contributed by atoms with Crippen LogP contribution < -0.4 is 5.73 Å². The van der Waals surface area contributed by atoms with Gasteiger partial charge in [-0.3, -0.25) is 4.79 Å². The number of aromatic nitrogens is 3. The minimum absolute atomic E-state index is 0. The summed E-state index contributed by atoms with van der Waals surface area (Å²) in [6.45, 7) is 0.394. The van der Waals surface area contributed by atoms with Crippen molar-refractivity contribution in [2.75, 3.05) is 7.11 Å². The van der Waals surface area contributed by atoms with Gasteiger partial charge >= 0.3 is 5.97 Å². The summed E-state index contributed by atoms with van der Waals surface area (Å²) in [7, 11) is 1.32. The second-order valence-corrected chi connectivity index (χ2v) is 2.19. The van der Waals surface area contributed by atoms with Gasteiger partial charge in [0, 0.05) is 6.54 Å². The van der Waals surface area contributed by atoms with Gasteiger partial charge < -0.3 is 10.5 Å². The van der Waals surface area contributed by atoms with E-state index in [1.54, 1.807) is 6.20 Å². The predicted octanol–water partition coefficient (Wildman–Crippen LogP) is -0.668. The SMILES string of the molecule is COC(=O)Cn1cc(CN)nn1.Cl. The Kier molecular flexibility index (Phi) is 5.01. The summed E-state index contributed by atoms with van der Waals surface area (Å²) in [5.74, 6) is -0.358. The first-order chi connectivity index (χ1) is 5.76. The molecule has 0 aromatic carbocycles. The second kappa shape index (κ2) is 5.50. The molecule has 0 atom stereocenters. The second-order valence-electron chi connectivity index (χ2n) is 2.19. The molecule has 0 spiro atoms. The van der Waals surface area contributed by atoms with Crippen LogP contribution in [0.3, 0.4) is 0 Å². The fraction of sp³-hybridized carbons (Fsp3) is 0.500. The Morgan fingerprint density at radius 3 is 2.92 bits per heavy atom. The Bertz CT molecular complexity index is 275. The Labute approximate surface area is 81.5 Å². The standard InChI is InChI=1S/C6H10N4O2.ClH/c1-12-6(11)4-10-3-5(2-7)8-9-10;/h3H,2,4,7H2,1H3;1H. The molecule has 0 unspecified atom stereocenters. The third kappa shape index (κ3) is 3.39. The van der Waals surface area contributed by atoms with E-state index in [-0.39, 0.29) is 24.9 Å². The average molecular weight is 207 g/mol. The highest BCUT2D eigenvalue weighted by molar-refractivity contribution is 5.85. The monoisotopic (exact) mass is 206 g/mol. The molecule has 0 aliphatic carbocycles. The van der Waals surface area contributed by atoms with Gasteiger partial charge in [0.05, 0.1) is 19.0 Å². The quantitative estimate of drug-likeness (QED) is 0.664. The van der Waals surface area contributed by atoms with Crippen LogP contribution in [0.25, 0.3) is 0 Å². The van der Waals surface area contributed by atoms with Crippen molar-refractivity contribution in [1.29, 1.82) is 0 Å². The number of esters is 1. The Balaban J connectivity index is 0.00000144. The molecule has 0 saturated heterocycles. The molecular formula is C6H11ClN4O2. The van der Waals surface area contributed by atoms with E-state index < -0.39 is 0 Å². The third-order valence-electron chi connectivity index (χ3n) is 1.31. The predicted molar refractivity (Wildman–Crippen MR) is 47.2 cm³/mol. The van der Waals surface area contributed by atoms with Crippen molar-refractivity contribution in [2.45, 2.75) is 13.1 Å². The lowest BCUT2D eigenvalue weighted by molar-refractivity contribution is -0.141. The van der Waals surface area contributed by atoms with Crippen molar-refractivity contribution in [3.05, 3.63) is 11.9 Å². The number of hydrogen-bond donors (Lipinski definition) is 1. The zero-order chi connectivity index (χ0) is 8.97. The van der Waals surface area contributed by atoms with Gasteiger partial charge in [-0.05, 0) is 0 Å². The number of carbonyl (C=O) groups excluding carboxylic acids is 1. The number of carbonyl (C=O) groups is 1. The molecule has 0 aliphatic heterocycles. The summed E-state index contributed by atoms with van der Waals surface area (Å²) < 4.78 is 5.82. The van der Waals surface area contributed by atoms with Crippen LogP contribution in [-0.4, -0.2) is 28.1 Å². The first-order valence-corrected chi connectivity index (χ1v) is 3.42. The van der Waals surface area contributed by atoms with Crippen LogP contribution >= 0.6 is 12.4 Å². The molecule has 1 heterocycles. The van der Waals surface area contributed by atoms with Gasteiger partial charge in [-0.2, -0.15) is 0 Å². The molecule has 13 heavy (non-hydrogen) atoms. The number of nitrogens with zero attached hydrogens (tertiary/aromatic N) is 3. The number of halogens is 1. The van der Waals surface area contributed by atoms with E-state index in [9.17, 15) is 4.79 Å². The van der Waals surface area contributed by atoms with Gasteiger partial charge in [0.25, 0.3) is 0 Å². The summed E-state index contributed by atoms with van der Waals surface area (Å²) in [6.07, 6.45) is 1.61. The molecule has 0 bridgehead atoms. The smallest absolute Gasteiger partial charge is 0.327 e. The first kappa shape index (κ1) is 11.9. The minimum Gasteiger partial charge on any atom is -0.468 e. The van der Waals surface area contributed by atoms with Crippen molar-refractivity contribution >= 4 is 18.4 Å². The highest BCUT2D eigenvalue weighted by Crippen LogP contribution is 1.91. The lowest BCUT2D eigenvalue weighted by Crippen LogP contribution is -2.11. The Morgan fingerprint density at radius 1 is 1.77 bits per heavy atom. The van der Waals surface area contributed by atoms with Crippen LogP contribution in [0.2, 0.25) is 0 Å². The highest BCUT2D eigenvalue weighted by atomic mass is 35.5. The van der Waals surface area contributed by atoms with Gasteiger partial charge in [-0.25, -0.2) is 4.68 Å². The molecule has 0 saturated carbocycles. The molecule has 1 aromatic heterocycles. The summed E-state index contributed by atoms with van der Waals surface area (Å²) in [5.41, 5.74) is 5.95. The van der Waals surface area contributed by atoms with Crippen molar-refractivity contribution in [3.8, 4) is 0 Å². The van der Waals surface area contributed by atoms with Gasteiger partial charge in [-0.15, -0.1) is 17.5 Å². The minimum atomic E-state index is -0.358. The van der Waals surface area contributed by atoms with E-state index in [1.807, 2.05) is 0 Å². The van der Waals surface area contributed by atoms with E-state index in [4.69, 9.17) is 5.73 Å². The van der Waals surface area contributed by atoms with Crippen LogP contribution in [0.5, 0.6) is 0 Å². The molecule has 7 heteroatoms. The topological polar surface area (TPSA) is 83.0 Å². The van der Waals surface area contributed by atoms with Crippen LogP contribution in [0, 0.1) is 0 Å². The molecular weight excluding hydrogens is 196 g/mol. The molecule has 0 fully saturated rings. The lowest BCUT2D eigenvalue weighted by Gasteiger charge is -1.96. The molecule has 1 rings (SSSR count). The summed E-state index contributed by atoms with van der Waals surface area (Å²) in [5, 5.41) is 7.36. The van der Waals surface area contributed by atoms with Gasteiger partial charge in [-0.1, -0.05) is 5.21 Å². The number of nitrogens with two attached hydrogens (primary N) is 1. The number of methoxy groups -OCH3 is 1. The normalized spacial score (nSPS) is 9.08. The van der Waals surface area contributed by atoms with Crippen molar-refractivity contribution in [2.24, 2.45) is 5.73 Å². The molecule has 0 aliphatic rings. The number of rotatable bonds is 3. The van der Waals surface area contributed by atoms with Crippen molar-refractivity contribution < 1.29 is 9.53 Å². The van der Waals surface area contributed by atoms with E-state index in [0.717, 1.165) is 0 Å². The first-order valence-electron chi connectivity index (χ1n) is 3.42. The van der Waals surface area contributed by atoms with Gasteiger partial charge in [0.15, 0.2) is 0 Å². The summed E-state index contributed by atoms with van der Waals surface area (Å²) >= 11 is 0. The van der Waals surface area contributed by atoms with Crippen molar-refractivity contribution in [3.63, 3.8) is 0 Å². The lowest BCUT2D eigenvalue weighted by atomic mass is 10.5. The zero-order valence-corrected chi connectivity index (χ0v) is 7.95. The molecule has 0 radical (unpaired) electrons. The van der Waals surface area contributed by atoms with Crippen LogP contribution in [0.1, 0.15) is 5.69 Å². The van der Waals surface area contributed by atoms with E-state index in [0.29, 0.717) is 12.2 Å². The maximum Gasteiger partial charge on any atom is 0.327 e. The Morgan fingerprint density at radius 2 is 2.46 bits per heavy atom. The third-order valence-corrected chi connectivity index (χ3v) is 1.31. The largest absolute Gasteiger partial charge is 0.468 e. The molecule has 0 amide bonds. The molecule has 6 nitrogen and oxygen atoms in total. The van der Waals surface area contributed by atoms with Gasteiger partial charge in [0.2, 0.25) is 0 Å². The molecule has 74 valence electrons. The van der Waals surface area contributed by atoms with E-state index in [2.05, 4.69) is 15.0 Å². The van der Waals surface area contributed by atoms with Crippen LogP contribution in [0.4, 0.5) is 0 Å². The van der Waals surface area contributed by atoms with Crippen molar-refractivity contribution in [1.82, 2.24) is 15.0 Å². The fourth-order valence-electron chi connectivity index (χ4n) is 0.706. The number of ether oxygens (including phenoxy) is 1.